The number of carbonyl (C=O) groups excluding carboxylic acids is 1. The number of rotatable bonds is 1. The van der Waals surface area contributed by atoms with E-state index in [-0.39, 0.29) is 11.2 Å². The van der Waals surface area contributed by atoms with E-state index in [2.05, 4.69) is 6.92 Å². The molecule has 0 heterocycles. The lowest BCUT2D eigenvalue weighted by Gasteiger charge is -2.17. The third kappa shape index (κ3) is 0.635. The summed E-state index contributed by atoms with van der Waals surface area (Å²) >= 11 is 0. The molecule has 10 heavy (non-hydrogen) atoms. The molecule has 2 aliphatic rings. The van der Waals surface area contributed by atoms with Gasteiger partial charge in [0.2, 0.25) is 0 Å². The summed E-state index contributed by atoms with van der Waals surface area (Å²) in [4.78, 5) is 11.1. The number of fused-ring (bicyclic) bond motifs is 2. The van der Waals surface area contributed by atoms with Crippen LogP contribution in [-0.2, 0) is 4.79 Å². The van der Waals surface area contributed by atoms with E-state index in [0.29, 0.717) is 0 Å². The predicted octanol–water partition coefficient (Wildman–Crippen LogP) is 1.97. The third-order valence-electron chi connectivity index (χ3n) is 3.33. The van der Waals surface area contributed by atoms with Crippen molar-refractivity contribution >= 4 is 5.78 Å². The van der Waals surface area contributed by atoms with Crippen LogP contribution in [0.2, 0.25) is 0 Å². The van der Waals surface area contributed by atoms with Crippen molar-refractivity contribution in [3.05, 3.63) is 6.92 Å². The fraction of sp³-hybridized carbons (Fsp3) is 0.778. The lowest BCUT2D eigenvalue weighted by Crippen LogP contribution is -2.23. The summed E-state index contributed by atoms with van der Waals surface area (Å²) in [5.74, 6) is 1.07. The Hall–Kier alpha value is -0.460. The van der Waals surface area contributed by atoms with Crippen LogP contribution in [0.15, 0.2) is 0 Å². The summed E-state index contributed by atoms with van der Waals surface area (Å²) < 4.78 is 0. The van der Waals surface area contributed by atoms with Crippen LogP contribution < -0.4 is 0 Å². The van der Waals surface area contributed by atoms with E-state index >= 15 is 0 Å². The van der Waals surface area contributed by atoms with Crippen LogP contribution in [0.1, 0.15) is 32.1 Å². The molecule has 2 aliphatic carbocycles. The molecule has 0 aromatic rings. The predicted molar refractivity (Wildman–Crippen MR) is 39.4 cm³/mol. The van der Waals surface area contributed by atoms with Gasteiger partial charge in [0.05, 0.1) is 5.41 Å². The average molecular weight is 137 g/mol. The smallest absolute Gasteiger partial charge is 0.243 e. The van der Waals surface area contributed by atoms with E-state index < -0.39 is 0 Å². The van der Waals surface area contributed by atoms with Crippen molar-refractivity contribution < 1.29 is 4.79 Å². The van der Waals surface area contributed by atoms with E-state index in [1.807, 2.05) is 0 Å². The van der Waals surface area contributed by atoms with Crippen molar-refractivity contribution in [2.24, 2.45) is 11.3 Å². The topological polar surface area (TPSA) is 17.1 Å². The molecular weight excluding hydrogens is 124 g/mol. The highest BCUT2D eigenvalue weighted by Crippen LogP contribution is 2.54. The zero-order chi connectivity index (χ0) is 7.19. The molecule has 0 saturated heterocycles. The standard InChI is InChI=1S/C9H13O/c1-7(10)9-4-2-8(6-9)3-5-9/h8H,1-6H2/q+1. The number of carbonyl (C=O) groups is 1. The van der Waals surface area contributed by atoms with Gasteiger partial charge >= 0.3 is 5.78 Å². The molecule has 2 fully saturated rings. The number of Topliss-reactive ketones (excluding diaryl/α,β-unsaturated/α-hetero) is 1. The molecule has 0 spiro atoms. The molecule has 0 amide bonds. The Morgan fingerprint density at radius 2 is 2.00 bits per heavy atom. The summed E-state index contributed by atoms with van der Waals surface area (Å²) in [7, 11) is 0. The van der Waals surface area contributed by atoms with Gasteiger partial charge in [-0.25, -0.2) is 4.79 Å². The molecule has 1 nitrogen and oxygen atoms in total. The minimum absolute atomic E-state index is 0.0602. The van der Waals surface area contributed by atoms with Crippen LogP contribution in [0.3, 0.4) is 0 Å². The highest BCUT2D eigenvalue weighted by Gasteiger charge is 2.51. The molecule has 2 rings (SSSR count). The van der Waals surface area contributed by atoms with Crippen molar-refractivity contribution in [2.45, 2.75) is 32.1 Å². The lowest BCUT2D eigenvalue weighted by atomic mass is 9.81. The van der Waals surface area contributed by atoms with Gasteiger partial charge in [-0.1, -0.05) is 0 Å². The zero-order valence-corrected chi connectivity index (χ0v) is 6.23. The van der Waals surface area contributed by atoms with Crippen LogP contribution in [0.5, 0.6) is 0 Å². The van der Waals surface area contributed by atoms with Crippen molar-refractivity contribution in [3.8, 4) is 0 Å². The van der Waals surface area contributed by atoms with Crippen LogP contribution in [0, 0.1) is 18.3 Å². The van der Waals surface area contributed by atoms with Gasteiger partial charge in [-0.2, -0.15) is 0 Å². The molecule has 0 aliphatic heterocycles. The second-order valence-corrected chi connectivity index (χ2v) is 3.85. The Bertz CT molecular complexity index is 164. The highest BCUT2D eigenvalue weighted by molar-refractivity contribution is 5.89. The summed E-state index contributed by atoms with van der Waals surface area (Å²) in [5, 5.41) is 0. The van der Waals surface area contributed by atoms with Gasteiger partial charge in [0.15, 0.2) is 0 Å². The molecule has 2 saturated carbocycles. The molecule has 2 bridgehead atoms. The van der Waals surface area contributed by atoms with Crippen molar-refractivity contribution in [1.29, 1.82) is 0 Å². The van der Waals surface area contributed by atoms with E-state index in [9.17, 15) is 4.79 Å². The van der Waals surface area contributed by atoms with E-state index in [1.165, 1.54) is 12.8 Å². The van der Waals surface area contributed by atoms with Gasteiger partial charge < -0.3 is 0 Å². The second-order valence-electron chi connectivity index (χ2n) is 3.85. The summed E-state index contributed by atoms with van der Waals surface area (Å²) in [6, 6.07) is 0. The first-order chi connectivity index (χ1) is 4.73. The maximum atomic E-state index is 11.1. The minimum atomic E-state index is 0.0602. The Morgan fingerprint density at radius 1 is 1.40 bits per heavy atom. The molecule has 0 aromatic carbocycles. The van der Waals surface area contributed by atoms with E-state index in [0.717, 1.165) is 25.2 Å². The molecule has 0 aromatic heterocycles. The van der Waals surface area contributed by atoms with Crippen LogP contribution in [-0.4, -0.2) is 5.78 Å². The Labute approximate surface area is 61.8 Å². The first-order valence-electron chi connectivity index (χ1n) is 4.09. The van der Waals surface area contributed by atoms with Gasteiger partial charge in [0.25, 0.3) is 0 Å². The molecule has 0 atom stereocenters. The van der Waals surface area contributed by atoms with Gasteiger partial charge in [0, 0.05) is 0 Å². The van der Waals surface area contributed by atoms with E-state index in [4.69, 9.17) is 0 Å². The average Bonchev–Trinajstić information content (AvgIpc) is 2.45. The summed E-state index contributed by atoms with van der Waals surface area (Å²) in [5.41, 5.74) is 0.0602. The summed E-state index contributed by atoms with van der Waals surface area (Å²) in [6.45, 7) is 3.55. The Balaban J connectivity index is 2.23. The number of ketones is 1. The van der Waals surface area contributed by atoms with E-state index in [1.54, 1.807) is 0 Å². The first kappa shape index (κ1) is 6.26. The Morgan fingerprint density at radius 3 is 2.20 bits per heavy atom. The highest BCUT2D eigenvalue weighted by atomic mass is 16.1. The largest absolute Gasteiger partial charge is 0.309 e. The van der Waals surface area contributed by atoms with Crippen LogP contribution in [0.25, 0.3) is 0 Å². The van der Waals surface area contributed by atoms with Crippen LogP contribution >= 0.6 is 0 Å². The molecule has 0 radical (unpaired) electrons. The maximum absolute atomic E-state index is 11.1. The normalized spacial score (nSPS) is 44.2. The Kier molecular flexibility index (Phi) is 1.11. The molecule has 0 N–H and O–H groups in total. The van der Waals surface area contributed by atoms with Crippen molar-refractivity contribution in [1.82, 2.24) is 0 Å². The molecule has 0 unspecified atom stereocenters. The van der Waals surface area contributed by atoms with Crippen molar-refractivity contribution in [2.75, 3.05) is 0 Å². The monoisotopic (exact) mass is 137 g/mol. The fourth-order valence-corrected chi connectivity index (χ4v) is 2.58. The van der Waals surface area contributed by atoms with Gasteiger partial charge in [-0.05, 0) is 38.0 Å². The molecule has 54 valence electrons. The zero-order valence-electron chi connectivity index (χ0n) is 6.23. The minimum Gasteiger partial charge on any atom is -0.243 e. The number of hydrogen-bond donors (Lipinski definition) is 0. The van der Waals surface area contributed by atoms with Gasteiger partial charge in [0.1, 0.15) is 6.92 Å². The van der Waals surface area contributed by atoms with Gasteiger partial charge in [-0.3, -0.25) is 0 Å². The first-order valence-corrected chi connectivity index (χ1v) is 4.09. The second kappa shape index (κ2) is 1.77. The van der Waals surface area contributed by atoms with Gasteiger partial charge in [-0.15, -0.1) is 0 Å². The molecular formula is C9H13O+. The van der Waals surface area contributed by atoms with Crippen LogP contribution in [0.4, 0.5) is 0 Å². The number of hydrogen-bond acceptors (Lipinski definition) is 1. The fourth-order valence-electron chi connectivity index (χ4n) is 2.58. The SMILES string of the molecule is [CH2+]C(=O)C12CCC(CC1)C2. The summed E-state index contributed by atoms with van der Waals surface area (Å²) in [6.07, 6.45) is 5.96. The lowest BCUT2D eigenvalue weighted by molar-refractivity contribution is -0.123. The quantitative estimate of drug-likeness (QED) is 0.505. The third-order valence-corrected chi connectivity index (χ3v) is 3.33. The molecule has 1 heteroatoms. The van der Waals surface area contributed by atoms with Crippen molar-refractivity contribution in [3.63, 3.8) is 0 Å². The maximum Gasteiger partial charge on any atom is 0.309 e.